The molecule has 0 bridgehead atoms. The quantitative estimate of drug-likeness (QED) is 0.535. The van der Waals surface area contributed by atoms with Gasteiger partial charge in [-0.05, 0) is 0 Å². The first-order valence-electron chi connectivity index (χ1n) is 0.408. The second-order valence-corrected chi connectivity index (χ2v) is 0.250. The molecule has 0 amide bonds. The van der Waals surface area contributed by atoms with Gasteiger partial charge in [0.05, 0.1) is 0 Å². The van der Waals surface area contributed by atoms with Crippen LogP contribution in [0.5, 0.6) is 0 Å². The third-order valence-corrected chi connectivity index (χ3v) is 0. The molecule has 0 saturated heterocycles. The third-order valence-electron chi connectivity index (χ3n) is 0. The molecule has 0 spiro atoms. The maximum atomic E-state index is 8.40. The summed E-state index contributed by atoms with van der Waals surface area (Å²) in [6.45, 7) is 0. The summed E-state index contributed by atoms with van der Waals surface area (Å²) in [6, 6.07) is 0. The van der Waals surface area contributed by atoms with Crippen LogP contribution in [0.15, 0.2) is 0 Å². The molecule has 2 nitrogen and oxygen atoms in total. The molecule has 5 radical (unpaired) electrons. The van der Waals surface area contributed by atoms with E-state index in [0.717, 1.165) is 0 Å². The first-order valence-corrected chi connectivity index (χ1v) is 1.22. The standard InChI is InChI=1S/Au.O2Si.Si/c;1-3-2;. The van der Waals surface area contributed by atoms with Crippen molar-refractivity contribution in [1.82, 2.24) is 0 Å². The van der Waals surface area contributed by atoms with Crippen LogP contribution >= 0.6 is 0 Å². The Hall–Kier alpha value is 0.774. The first-order chi connectivity index (χ1) is 1.41. The van der Waals surface area contributed by atoms with E-state index < -0.39 is 9.29 Å². The molecule has 0 unspecified atom stereocenters. The molecule has 0 aromatic rings. The monoisotopic (exact) mass is 285 g/mol. The van der Waals surface area contributed by atoms with E-state index in [1.54, 1.807) is 0 Å². The van der Waals surface area contributed by atoms with Crippen LogP contribution in [0.4, 0.5) is 0 Å². The van der Waals surface area contributed by atoms with E-state index in [0.29, 0.717) is 0 Å². The molecular formula is AuO2Si2. The smallest absolute Gasteiger partial charge is 0.274 e. The number of hydrogen-bond donors (Lipinski definition) is 0. The Morgan fingerprint density at radius 1 is 1.20 bits per heavy atom. The first kappa shape index (κ1) is 17.1. The van der Waals surface area contributed by atoms with Crippen molar-refractivity contribution in [1.29, 1.82) is 0 Å². The number of hydrogen-bond acceptors (Lipinski definition) is 2. The van der Waals surface area contributed by atoms with Crippen molar-refractivity contribution in [3.05, 3.63) is 0 Å². The van der Waals surface area contributed by atoms with Gasteiger partial charge in [-0.15, -0.1) is 0 Å². The van der Waals surface area contributed by atoms with E-state index in [1.807, 2.05) is 0 Å². The Balaban J connectivity index is -0.0000000200. The summed E-state index contributed by atoms with van der Waals surface area (Å²) in [4.78, 5) is 0. The Bertz CT molecular complexity index is 28.6. The minimum atomic E-state index is -1.42. The fourth-order valence-corrected chi connectivity index (χ4v) is 0. The Labute approximate surface area is 51.8 Å². The fraction of sp³-hybridized carbons (Fsp3) is 0. The SMILES string of the molecule is O=[Si]=O.[Au].[Si]. The van der Waals surface area contributed by atoms with Gasteiger partial charge < -0.3 is 0 Å². The Kier molecular flexibility index (Phi) is 73.9. The zero-order valence-corrected chi connectivity index (χ0v) is 6.28. The molecule has 5 heavy (non-hydrogen) atoms. The van der Waals surface area contributed by atoms with Crippen LogP contribution in [0.1, 0.15) is 0 Å². The topological polar surface area (TPSA) is 34.1 Å². The molecule has 0 aromatic heterocycles. The van der Waals surface area contributed by atoms with Crippen molar-refractivity contribution in [3.63, 3.8) is 0 Å². The molecule has 0 aliphatic heterocycles. The molecule has 0 atom stereocenters. The molecule has 0 rings (SSSR count). The predicted octanol–water partition coefficient (Wildman–Crippen LogP) is -1.00. The zero-order chi connectivity index (χ0) is 2.71. The van der Waals surface area contributed by atoms with Gasteiger partial charge in [0.1, 0.15) is 0 Å². The van der Waals surface area contributed by atoms with E-state index in [1.165, 1.54) is 0 Å². The second kappa shape index (κ2) is 21.6. The van der Waals surface area contributed by atoms with Crippen molar-refractivity contribution >= 4 is 20.3 Å². The molecule has 0 aliphatic carbocycles. The summed E-state index contributed by atoms with van der Waals surface area (Å²) >= 11 is 0. The average molecular weight is 285 g/mol. The summed E-state index contributed by atoms with van der Waals surface area (Å²) in [5.41, 5.74) is 0. The molecule has 0 saturated carbocycles. The Morgan fingerprint density at radius 2 is 1.20 bits per heavy atom. The van der Waals surface area contributed by atoms with Gasteiger partial charge in [-0.3, -0.25) is 8.92 Å². The van der Waals surface area contributed by atoms with Gasteiger partial charge in [0, 0.05) is 33.3 Å². The van der Waals surface area contributed by atoms with Crippen molar-refractivity contribution in [2.45, 2.75) is 0 Å². The molecule has 5 heteroatoms. The molecule has 0 fully saturated rings. The van der Waals surface area contributed by atoms with E-state index >= 15 is 0 Å². The van der Waals surface area contributed by atoms with Gasteiger partial charge in [-0.1, -0.05) is 0 Å². The van der Waals surface area contributed by atoms with Crippen molar-refractivity contribution in [2.75, 3.05) is 0 Å². The maximum Gasteiger partial charge on any atom is 0.549 e. The van der Waals surface area contributed by atoms with Crippen LogP contribution in [0, 0.1) is 0 Å². The van der Waals surface area contributed by atoms with Gasteiger partial charge in [-0.2, -0.15) is 0 Å². The zero-order valence-electron chi connectivity index (χ0n) is 2.12. The Morgan fingerprint density at radius 3 is 1.20 bits per heavy atom. The summed E-state index contributed by atoms with van der Waals surface area (Å²) in [6.07, 6.45) is 0. The van der Waals surface area contributed by atoms with E-state index in [4.69, 9.17) is 8.92 Å². The van der Waals surface area contributed by atoms with Gasteiger partial charge in [0.15, 0.2) is 0 Å². The van der Waals surface area contributed by atoms with E-state index in [2.05, 4.69) is 0 Å². The van der Waals surface area contributed by atoms with Crippen LogP contribution in [0.25, 0.3) is 0 Å². The summed E-state index contributed by atoms with van der Waals surface area (Å²) in [5.74, 6) is 0. The fourth-order valence-electron chi connectivity index (χ4n) is 0. The van der Waals surface area contributed by atoms with Gasteiger partial charge >= 0.3 is 9.29 Å². The molecule has 31 valence electrons. The van der Waals surface area contributed by atoms with Crippen LogP contribution in [-0.2, 0) is 31.3 Å². The van der Waals surface area contributed by atoms with Crippen LogP contribution in [0.3, 0.4) is 0 Å². The summed E-state index contributed by atoms with van der Waals surface area (Å²) in [7, 11) is -1.42. The van der Waals surface area contributed by atoms with Crippen LogP contribution in [0.2, 0.25) is 0 Å². The van der Waals surface area contributed by atoms with Gasteiger partial charge in [0.25, 0.3) is 0 Å². The molecule has 0 aromatic carbocycles. The minimum Gasteiger partial charge on any atom is -0.274 e. The van der Waals surface area contributed by atoms with Gasteiger partial charge in [-0.25, -0.2) is 0 Å². The van der Waals surface area contributed by atoms with Crippen LogP contribution in [-0.4, -0.2) is 20.3 Å². The second-order valence-electron chi connectivity index (χ2n) is 0.0833. The normalized spacial score (nSPS) is 1.60. The molecule has 0 N–H and O–H groups in total. The predicted molar refractivity (Wildman–Crippen MR) is 12.9 cm³/mol. The largest absolute Gasteiger partial charge is 0.549 e. The summed E-state index contributed by atoms with van der Waals surface area (Å²) in [5, 5.41) is 0. The van der Waals surface area contributed by atoms with E-state index in [-0.39, 0.29) is 33.3 Å². The van der Waals surface area contributed by atoms with Crippen molar-refractivity contribution < 1.29 is 31.3 Å². The van der Waals surface area contributed by atoms with Crippen LogP contribution < -0.4 is 0 Å². The minimum absolute atomic E-state index is 0. The molecule has 0 heterocycles. The summed E-state index contributed by atoms with van der Waals surface area (Å²) < 4.78 is 16.8. The van der Waals surface area contributed by atoms with E-state index in [9.17, 15) is 0 Å². The molecule has 0 aliphatic rings. The van der Waals surface area contributed by atoms with Crippen molar-refractivity contribution in [3.8, 4) is 0 Å². The number of rotatable bonds is 0. The molecular weight excluding hydrogens is 285 g/mol. The third kappa shape index (κ3) is 61.3. The maximum absolute atomic E-state index is 8.40. The van der Waals surface area contributed by atoms with Crippen molar-refractivity contribution in [2.24, 2.45) is 0 Å². The average Bonchev–Trinajstić information content (AvgIpc) is 0.918. The van der Waals surface area contributed by atoms with Gasteiger partial charge in [0.2, 0.25) is 0 Å².